The first-order valence-corrected chi connectivity index (χ1v) is 11.7. The summed E-state index contributed by atoms with van der Waals surface area (Å²) in [5.41, 5.74) is 3.14. The largest absolute Gasteiger partial charge is 0.368 e. The number of hydrogen-bond acceptors (Lipinski definition) is 4. The Hall–Kier alpha value is -2.57. The van der Waals surface area contributed by atoms with Crippen molar-refractivity contribution in [1.29, 1.82) is 0 Å². The number of carbonyl (C=O) groups is 2. The fraction of sp³-hybridized carbons (Fsp3) is 0.440. The molecule has 2 heterocycles. The van der Waals surface area contributed by atoms with Gasteiger partial charge in [0.15, 0.2) is 0 Å². The molecule has 170 valence electrons. The monoisotopic (exact) mass is 454 g/mol. The molecule has 32 heavy (non-hydrogen) atoms. The Morgan fingerprint density at radius 3 is 2.16 bits per heavy atom. The number of amides is 2. The summed E-state index contributed by atoms with van der Waals surface area (Å²) in [5, 5.41) is 3.69. The number of nitrogens with zero attached hydrogens (tertiary/aromatic N) is 3. The van der Waals surface area contributed by atoms with Gasteiger partial charge in [-0.1, -0.05) is 29.3 Å². The number of hydrogen-bond donors (Lipinski definition) is 1. The normalized spacial score (nSPS) is 17.9. The van der Waals surface area contributed by atoms with E-state index in [1.807, 2.05) is 60.4 Å². The molecule has 2 fully saturated rings. The molecule has 7 heteroatoms. The van der Waals surface area contributed by atoms with E-state index in [1.165, 1.54) is 5.56 Å². The molecule has 0 spiro atoms. The fourth-order valence-electron chi connectivity index (χ4n) is 4.47. The molecule has 6 nitrogen and oxygen atoms in total. The van der Waals surface area contributed by atoms with Gasteiger partial charge in [-0.05, 0) is 69.3 Å². The Kier molecular flexibility index (Phi) is 7.33. The molecule has 2 aromatic rings. The molecule has 0 saturated carbocycles. The molecule has 2 aliphatic heterocycles. The Bertz CT molecular complexity index is 916. The number of nitrogens with one attached hydrogen (secondary N) is 1. The van der Waals surface area contributed by atoms with Crippen molar-refractivity contribution >= 4 is 34.8 Å². The van der Waals surface area contributed by atoms with Crippen LogP contribution in [0.4, 0.5) is 11.4 Å². The van der Waals surface area contributed by atoms with Crippen LogP contribution < -0.4 is 10.2 Å². The lowest BCUT2D eigenvalue weighted by Crippen LogP contribution is -2.52. The molecule has 0 radical (unpaired) electrons. The second kappa shape index (κ2) is 10.4. The number of rotatable bonds is 5. The summed E-state index contributed by atoms with van der Waals surface area (Å²) < 4.78 is 0. The Morgan fingerprint density at radius 1 is 0.906 bits per heavy atom. The first kappa shape index (κ1) is 22.6. The highest BCUT2D eigenvalue weighted by atomic mass is 35.5. The first-order valence-electron chi connectivity index (χ1n) is 11.4. The van der Waals surface area contributed by atoms with Crippen LogP contribution in [0.5, 0.6) is 0 Å². The number of benzene rings is 2. The average molecular weight is 455 g/mol. The molecule has 2 aliphatic rings. The van der Waals surface area contributed by atoms with Crippen LogP contribution in [0.3, 0.4) is 0 Å². The summed E-state index contributed by atoms with van der Waals surface area (Å²) in [5.74, 6) is 0.329. The molecule has 0 atom stereocenters. The lowest BCUT2D eigenvalue weighted by Gasteiger charge is -2.39. The maximum Gasteiger partial charge on any atom is 0.238 e. The molecule has 4 rings (SSSR count). The smallest absolute Gasteiger partial charge is 0.238 e. The topological polar surface area (TPSA) is 55.9 Å². The maximum atomic E-state index is 13.0. The third-order valence-corrected chi connectivity index (χ3v) is 6.67. The lowest BCUT2D eigenvalue weighted by molar-refractivity contribution is -0.137. The fourth-order valence-corrected chi connectivity index (χ4v) is 4.60. The Labute approximate surface area is 195 Å². The SMILES string of the molecule is Cc1ccc(NC(=O)CN2CCC(C(=O)N3CCN(c4ccc(Cl)cc4)CC3)CC2)cc1. The Balaban J connectivity index is 1.19. The van der Waals surface area contributed by atoms with Crippen LogP contribution in [0.25, 0.3) is 0 Å². The number of halogens is 1. The van der Waals surface area contributed by atoms with Gasteiger partial charge >= 0.3 is 0 Å². The first-order chi connectivity index (χ1) is 15.5. The zero-order chi connectivity index (χ0) is 22.5. The van der Waals surface area contributed by atoms with E-state index >= 15 is 0 Å². The number of aryl methyl sites for hydroxylation is 1. The van der Waals surface area contributed by atoms with E-state index in [0.29, 0.717) is 6.54 Å². The molecule has 0 bridgehead atoms. The van der Waals surface area contributed by atoms with E-state index in [0.717, 1.165) is 68.5 Å². The van der Waals surface area contributed by atoms with Gasteiger partial charge in [-0.3, -0.25) is 14.5 Å². The van der Waals surface area contributed by atoms with E-state index in [-0.39, 0.29) is 17.7 Å². The summed E-state index contributed by atoms with van der Waals surface area (Å²) in [4.78, 5) is 31.8. The van der Waals surface area contributed by atoms with Gasteiger partial charge in [0.2, 0.25) is 11.8 Å². The van der Waals surface area contributed by atoms with Crippen molar-refractivity contribution < 1.29 is 9.59 Å². The lowest BCUT2D eigenvalue weighted by atomic mass is 9.95. The summed E-state index contributed by atoms with van der Waals surface area (Å²) in [6.07, 6.45) is 1.63. The highest BCUT2D eigenvalue weighted by Gasteiger charge is 2.31. The number of carbonyl (C=O) groups excluding carboxylic acids is 2. The van der Waals surface area contributed by atoms with Crippen LogP contribution >= 0.6 is 11.6 Å². The van der Waals surface area contributed by atoms with Crippen LogP contribution in [-0.4, -0.2) is 67.4 Å². The number of piperidine rings is 1. The summed E-state index contributed by atoms with van der Waals surface area (Å²) in [6, 6.07) is 15.7. The minimum atomic E-state index is -0.00282. The highest BCUT2D eigenvalue weighted by Crippen LogP contribution is 2.23. The van der Waals surface area contributed by atoms with Crippen molar-refractivity contribution in [1.82, 2.24) is 9.80 Å². The third-order valence-electron chi connectivity index (χ3n) is 6.42. The van der Waals surface area contributed by atoms with Crippen LogP contribution in [0.15, 0.2) is 48.5 Å². The molecule has 1 N–H and O–H groups in total. The second-order valence-corrected chi connectivity index (χ2v) is 9.19. The summed E-state index contributed by atoms with van der Waals surface area (Å²) in [6.45, 7) is 7.13. The zero-order valence-corrected chi connectivity index (χ0v) is 19.4. The van der Waals surface area contributed by atoms with E-state index in [1.54, 1.807) is 0 Å². The van der Waals surface area contributed by atoms with Crippen molar-refractivity contribution in [3.05, 3.63) is 59.1 Å². The molecule has 0 aliphatic carbocycles. The average Bonchev–Trinajstić information content (AvgIpc) is 2.81. The minimum absolute atomic E-state index is 0.00282. The predicted octanol–water partition coefficient (Wildman–Crippen LogP) is 3.65. The molecule has 2 saturated heterocycles. The predicted molar refractivity (Wildman–Crippen MR) is 129 cm³/mol. The minimum Gasteiger partial charge on any atom is -0.368 e. The van der Waals surface area contributed by atoms with E-state index in [9.17, 15) is 9.59 Å². The molecule has 2 amide bonds. The zero-order valence-electron chi connectivity index (χ0n) is 18.6. The van der Waals surface area contributed by atoms with Crippen LogP contribution in [0.2, 0.25) is 5.02 Å². The van der Waals surface area contributed by atoms with Gasteiger partial charge in [-0.2, -0.15) is 0 Å². The van der Waals surface area contributed by atoms with Crippen molar-refractivity contribution in [2.45, 2.75) is 19.8 Å². The van der Waals surface area contributed by atoms with Crippen LogP contribution in [0, 0.1) is 12.8 Å². The van der Waals surface area contributed by atoms with Crippen LogP contribution in [-0.2, 0) is 9.59 Å². The highest BCUT2D eigenvalue weighted by molar-refractivity contribution is 6.30. The van der Waals surface area contributed by atoms with E-state index < -0.39 is 0 Å². The third kappa shape index (κ3) is 5.81. The second-order valence-electron chi connectivity index (χ2n) is 8.75. The molecule has 0 unspecified atom stereocenters. The van der Waals surface area contributed by atoms with Crippen molar-refractivity contribution in [3.8, 4) is 0 Å². The quantitative estimate of drug-likeness (QED) is 0.749. The summed E-state index contributed by atoms with van der Waals surface area (Å²) >= 11 is 5.98. The van der Waals surface area contributed by atoms with Gasteiger partial charge in [0, 0.05) is 48.5 Å². The summed E-state index contributed by atoms with van der Waals surface area (Å²) in [7, 11) is 0. The molecular weight excluding hydrogens is 424 g/mol. The van der Waals surface area contributed by atoms with Crippen molar-refractivity contribution in [2.24, 2.45) is 5.92 Å². The maximum absolute atomic E-state index is 13.0. The van der Waals surface area contributed by atoms with Crippen LogP contribution in [0.1, 0.15) is 18.4 Å². The number of likely N-dealkylation sites (tertiary alicyclic amines) is 1. The molecule has 0 aromatic heterocycles. The van der Waals surface area contributed by atoms with Crippen molar-refractivity contribution in [2.75, 3.05) is 56.0 Å². The van der Waals surface area contributed by atoms with Gasteiger partial charge in [0.1, 0.15) is 0 Å². The van der Waals surface area contributed by atoms with E-state index in [4.69, 9.17) is 11.6 Å². The Morgan fingerprint density at radius 2 is 1.53 bits per heavy atom. The van der Waals surface area contributed by atoms with Gasteiger partial charge in [-0.15, -0.1) is 0 Å². The number of anilines is 2. The van der Waals surface area contributed by atoms with Gasteiger partial charge in [0.05, 0.1) is 6.54 Å². The van der Waals surface area contributed by atoms with Gasteiger partial charge in [0.25, 0.3) is 0 Å². The molecular formula is C25H31ClN4O2. The standard InChI is InChI=1S/C25H31ClN4O2/c1-19-2-6-22(7-3-19)27-24(31)18-28-12-10-20(11-13-28)25(32)30-16-14-29(15-17-30)23-8-4-21(26)5-9-23/h2-9,20H,10-18H2,1H3,(H,27,31). The van der Waals surface area contributed by atoms with Gasteiger partial charge < -0.3 is 15.1 Å². The van der Waals surface area contributed by atoms with Gasteiger partial charge in [-0.25, -0.2) is 0 Å². The number of piperazine rings is 1. The molecule has 2 aromatic carbocycles. The van der Waals surface area contributed by atoms with Crippen molar-refractivity contribution in [3.63, 3.8) is 0 Å². The van der Waals surface area contributed by atoms with E-state index in [2.05, 4.69) is 15.1 Å².